The molecule has 0 fully saturated rings. The first-order chi connectivity index (χ1) is 11.4. The fraction of sp³-hybridized carbons (Fsp3) is 0.455. The maximum atomic E-state index is 5.69. The van der Waals surface area contributed by atoms with E-state index in [2.05, 4.69) is 88.0 Å². The number of ether oxygens (including phenoxy) is 1. The minimum absolute atomic E-state index is 0.297. The van der Waals surface area contributed by atoms with Crippen molar-refractivity contribution in [2.45, 2.75) is 52.6 Å². The van der Waals surface area contributed by atoms with Crippen molar-refractivity contribution in [3.8, 4) is 5.75 Å². The summed E-state index contributed by atoms with van der Waals surface area (Å²) < 4.78 is 5.69. The average Bonchev–Trinajstić information content (AvgIpc) is 2.55. The van der Waals surface area contributed by atoms with Crippen LogP contribution >= 0.6 is 0 Å². The molecule has 0 aliphatic carbocycles. The monoisotopic (exact) mass is 325 g/mol. The van der Waals surface area contributed by atoms with E-state index in [-0.39, 0.29) is 0 Å². The first kappa shape index (κ1) is 18.5. The molecular formula is C22H31NO. The molecule has 1 atom stereocenters. The summed E-state index contributed by atoms with van der Waals surface area (Å²) >= 11 is 0. The molecule has 0 aliphatic heterocycles. The van der Waals surface area contributed by atoms with Crippen molar-refractivity contribution in [1.29, 1.82) is 0 Å². The number of rotatable bonds is 7. The number of nitrogens with zero attached hydrogens (tertiary/aromatic N) is 1. The Kier molecular flexibility index (Phi) is 6.44. The summed E-state index contributed by atoms with van der Waals surface area (Å²) in [6.45, 7) is 12.2. The van der Waals surface area contributed by atoms with Gasteiger partial charge in [-0.1, -0.05) is 48.0 Å². The van der Waals surface area contributed by atoms with Crippen molar-refractivity contribution in [1.82, 2.24) is 4.90 Å². The highest BCUT2D eigenvalue weighted by Crippen LogP contribution is 2.34. The van der Waals surface area contributed by atoms with Crippen LogP contribution in [-0.2, 0) is 0 Å². The Morgan fingerprint density at radius 3 is 2.08 bits per heavy atom. The van der Waals surface area contributed by atoms with Crippen molar-refractivity contribution in [2.24, 2.45) is 0 Å². The second-order valence-electron chi connectivity index (χ2n) is 7.09. The smallest absolute Gasteiger partial charge is 0.122 e. The van der Waals surface area contributed by atoms with Crippen LogP contribution in [0.25, 0.3) is 0 Å². The van der Waals surface area contributed by atoms with Crippen LogP contribution in [0.2, 0.25) is 0 Å². The molecule has 2 heteroatoms. The van der Waals surface area contributed by atoms with Crippen molar-refractivity contribution in [3.63, 3.8) is 0 Å². The quantitative estimate of drug-likeness (QED) is 0.689. The summed E-state index contributed by atoms with van der Waals surface area (Å²) in [5, 5.41) is 0. The second kappa shape index (κ2) is 8.34. The molecule has 0 aromatic heterocycles. The van der Waals surface area contributed by atoms with Gasteiger partial charge in [0.1, 0.15) is 5.75 Å². The SMILES string of the molecule is COc1ccc(C)cc1C(CN(C(C)C)C(C)C)c1ccccc1. The summed E-state index contributed by atoms with van der Waals surface area (Å²) in [7, 11) is 1.76. The van der Waals surface area contributed by atoms with Gasteiger partial charge in [0, 0.05) is 30.1 Å². The van der Waals surface area contributed by atoms with E-state index in [1.165, 1.54) is 16.7 Å². The van der Waals surface area contributed by atoms with Crippen LogP contribution in [0.1, 0.15) is 50.3 Å². The van der Waals surface area contributed by atoms with Crippen molar-refractivity contribution in [2.75, 3.05) is 13.7 Å². The van der Waals surface area contributed by atoms with Gasteiger partial charge in [0.15, 0.2) is 0 Å². The van der Waals surface area contributed by atoms with Gasteiger partial charge in [-0.2, -0.15) is 0 Å². The second-order valence-corrected chi connectivity index (χ2v) is 7.09. The van der Waals surface area contributed by atoms with Crippen LogP contribution < -0.4 is 4.74 Å². The fourth-order valence-electron chi connectivity index (χ4n) is 3.42. The maximum Gasteiger partial charge on any atom is 0.122 e. The van der Waals surface area contributed by atoms with E-state index in [0.717, 1.165) is 12.3 Å². The number of hydrogen-bond donors (Lipinski definition) is 0. The highest BCUT2D eigenvalue weighted by Gasteiger charge is 2.24. The van der Waals surface area contributed by atoms with Crippen LogP contribution in [0.4, 0.5) is 0 Å². The van der Waals surface area contributed by atoms with Gasteiger partial charge >= 0.3 is 0 Å². The molecule has 2 aromatic rings. The van der Waals surface area contributed by atoms with E-state index in [1.807, 2.05) is 0 Å². The van der Waals surface area contributed by atoms with Gasteiger partial charge in [-0.3, -0.25) is 4.90 Å². The molecule has 24 heavy (non-hydrogen) atoms. The van der Waals surface area contributed by atoms with E-state index >= 15 is 0 Å². The van der Waals surface area contributed by atoms with Crippen molar-refractivity contribution < 1.29 is 4.74 Å². The fourth-order valence-corrected chi connectivity index (χ4v) is 3.42. The van der Waals surface area contributed by atoms with Crippen molar-refractivity contribution >= 4 is 0 Å². The third-order valence-electron chi connectivity index (χ3n) is 4.68. The minimum atomic E-state index is 0.297. The molecule has 0 saturated heterocycles. The predicted octanol–water partition coefficient (Wildman–Crippen LogP) is 5.25. The number of benzene rings is 2. The molecule has 2 nitrogen and oxygen atoms in total. The Balaban J connectivity index is 2.50. The third-order valence-corrected chi connectivity index (χ3v) is 4.68. The zero-order chi connectivity index (χ0) is 17.7. The highest BCUT2D eigenvalue weighted by molar-refractivity contribution is 5.44. The lowest BCUT2D eigenvalue weighted by atomic mass is 9.88. The number of methoxy groups -OCH3 is 1. The van der Waals surface area contributed by atoms with Gasteiger partial charge in [0.25, 0.3) is 0 Å². The van der Waals surface area contributed by atoms with E-state index < -0.39 is 0 Å². The van der Waals surface area contributed by atoms with E-state index in [0.29, 0.717) is 18.0 Å². The molecule has 0 radical (unpaired) electrons. The number of hydrogen-bond acceptors (Lipinski definition) is 2. The van der Waals surface area contributed by atoms with Crippen LogP contribution in [-0.4, -0.2) is 30.6 Å². The topological polar surface area (TPSA) is 12.5 Å². The first-order valence-electron chi connectivity index (χ1n) is 8.89. The summed E-state index contributed by atoms with van der Waals surface area (Å²) in [5.41, 5.74) is 3.88. The van der Waals surface area contributed by atoms with Crippen LogP contribution in [0.15, 0.2) is 48.5 Å². The lowest BCUT2D eigenvalue weighted by Crippen LogP contribution is -2.40. The molecular weight excluding hydrogens is 294 g/mol. The Bertz CT molecular complexity index is 626. The first-order valence-corrected chi connectivity index (χ1v) is 8.89. The summed E-state index contributed by atoms with van der Waals surface area (Å²) in [6, 6.07) is 18.3. The lowest BCUT2D eigenvalue weighted by Gasteiger charge is -2.35. The molecule has 130 valence electrons. The van der Waals surface area contributed by atoms with Crippen LogP contribution in [0, 0.1) is 6.92 Å². The summed E-state index contributed by atoms with van der Waals surface area (Å²) in [6.07, 6.45) is 0. The Morgan fingerprint density at radius 2 is 1.54 bits per heavy atom. The molecule has 0 N–H and O–H groups in total. The van der Waals surface area contributed by atoms with E-state index in [4.69, 9.17) is 4.74 Å². The van der Waals surface area contributed by atoms with E-state index in [1.54, 1.807) is 7.11 Å². The molecule has 0 heterocycles. The molecule has 0 aliphatic rings. The van der Waals surface area contributed by atoms with Crippen LogP contribution in [0.3, 0.4) is 0 Å². The molecule has 1 unspecified atom stereocenters. The zero-order valence-corrected chi connectivity index (χ0v) is 15.9. The molecule has 0 bridgehead atoms. The molecule has 2 rings (SSSR count). The Morgan fingerprint density at radius 1 is 0.917 bits per heavy atom. The minimum Gasteiger partial charge on any atom is -0.496 e. The van der Waals surface area contributed by atoms with Gasteiger partial charge in [-0.25, -0.2) is 0 Å². The molecule has 0 saturated carbocycles. The normalized spacial score (nSPS) is 12.9. The molecule has 2 aromatic carbocycles. The molecule has 0 spiro atoms. The van der Waals surface area contributed by atoms with Gasteiger partial charge in [0.2, 0.25) is 0 Å². The van der Waals surface area contributed by atoms with Gasteiger partial charge in [-0.15, -0.1) is 0 Å². The third kappa shape index (κ3) is 4.39. The predicted molar refractivity (Wildman–Crippen MR) is 103 cm³/mol. The van der Waals surface area contributed by atoms with E-state index in [9.17, 15) is 0 Å². The summed E-state index contributed by atoms with van der Waals surface area (Å²) in [5.74, 6) is 1.27. The van der Waals surface area contributed by atoms with Gasteiger partial charge < -0.3 is 4.74 Å². The van der Waals surface area contributed by atoms with Crippen molar-refractivity contribution in [3.05, 3.63) is 65.2 Å². The summed E-state index contributed by atoms with van der Waals surface area (Å²) in [4.78, 5) is 2.56. The average molecular weight is 325 g/mol. The van der Waals surface area contributed by atoms with Gasteiger partial charge in [0.05, 0.1) is 7.11 Å². The lowest BCUT2D eigenvalue weighted by molar-refractivity contribution is 0.169. The maximum absolute atomic E-state index is 5.69. The Labute approximate surface area is 147 Å². The number of aryl methyl sites for hydroxylation is 1. The largest absolute Gasteiger partial charge is 0.496 e. The zero-order valence-electron chi connectivity index (χ0n) is 15.9. The molecule has 0 amide bonds. The van der Waals surface area contributed by atoms with Gasteiger partial charge in [-0.05, 0) is 46.2 Å². The van der Waals surface area contributed by atoms with Crippen LogP contribution in [0.5, 0.6) is 5.75 Å². The Hall–Kier alpha value is -1.80. The highest BCUT2D eigenvalue weighted by atomic mass is 16.5. The standard InChI is InChI=1S/C22H31NO/c1-16(2)23(17(3)4)15-21(19-10-8-7-9-11-19)20-14-18(5)12-13-22(20)24-6/h7-14,16-17,21H,15H2,1-6H3.